The molecule has 0 aliphatic carbocycles. The molecular formula is C18H21NO2. The third-order valence-corrected chi connectivity index (χ3v) is 3.89. The van der Waals surface area contributed by atoms with Crippen molar-refractivity contribution in [3.05, 3.63) is 59.7 Å². The minimum Gasteiger partial charge on any atom is -0.497 e. The molecule has 2 atom stereocenters. The molecule has 3 nitrogen and oxygen atoms in total. The predicted octanol–water partition coefficient (Wildman–Crippen LogP) is 3.35. The molecule has 1 aliphatic rings. The molecule has 2 unspecified atom stereocenters. The van der Waals surface area contributed by atoms with Gasteiger partial charge in [-0.05, 0) is 37.1 Å². The largest absolute Gasteiger partial charge is 0.497 e. The number of methoxy groups -OCH3 is 1. The normalized spacial score (nSPS) is 17.9. The molecule has 0 spiro atoms. The van der Waals surface area contributed by atoms with E-state index in [4.69, 9.17) is 9.47 Å². The number of nitrogens with one attached hydrogen (secondary N) is 1. The number of ether oxygens (including phenoxy) is 2. The van der Waals surface area contributed by atoms with Crippen LogP contribution >= 0.6 is 0 Å². The highest BCUT2D eigenvalue weighted by atomic mass is 16.5. The average molecular weight is 283 g/mol. The smallest absolute Gasteiger partial charge is 0.124 e. The highest BCUT2D eigenvalue weighted by Gasteiger charge is 2.24. The van der Waals surface area contributed by atoms with Gasteiger partial charge in [0.25, 0.3) is 0 Å². The van der Waals surface area contributed by atoms with E-state index >= 15 is 0 Å². The molecule has 1 N–H and O–H groups in total. The maximum atomic E-state index is 5.71. The van der Waals surface area contributed by atoms with E-state index in [0.717, 1.165) is 17.9 Å². The summed E-state index contributed by atoms with van der Waals surface area (Å²) in [6.45, 7) is 2.93. The lowest BCUT2D eigenvalue weighted by molar-refractivity contribution is 0.299. The Hall–Kier alpha value is -2.00. The molecule has 0 aromatic heterocycles. The van der Waals surface area contributed by atoms with Crippen LogP contribution in [0.15, 0.2) is 48.5 Å². The maximum Gasteiger partial charge on any atom is 0.124 e. The fourth-order valence-electron chi connectivity index (χ4n) is 2.82. The average Bonchev–Trinajstić information content (AvgIpc) is 2.91. The van der Waals surface area contributed by atoms with Gasteiger partial charge in [0.15, 0.2) is 0 Å². The molecule has 1 heterocycles. The molecule has 1 aliphatic heterocycles. The molecule has 0 saturated carbocycles. The standard InChI is InChI=1S/C18H21NO2/c1-13(11-14-7-9-15(20-2)10-8-14)19-17-12-21-18-6-4-3-5-16(17)18/h3-10,13,17,19H,11-12H2,1-2H3. The van der Waals surface area contributed by atoms with Crippen LogP contribution in [0.5, 0.6) is 11.5 Å². The molecular weight excluding hydrogens is 262 g/mol. The first kappa shape index (κ1) is 14.0. The topological polar surface area (TPSA) is 30.5 Å². The summed E-state index contributed by atoms with van der Waals surface area (Å²) in [7, 11) is 1.69. The Kier molecular flexibility index (Phi) is 4.11. The molecule has 3 heteroatoms. The minimum atomic E-state index is 0.287. The zero-order valence-corrected chi connectivity index (χ0v) is 12.5. The summed E-state index contributed by atoms with van der Waals surface area (Å²) in [5.74, 6) is 1.91. The van der Waals surface area contributed by atoms with Crippen LogP contribution in [0, 0.1) is 0 Å². The van der Waals surface area contributed by atoms with Gasteiger partial charge < -0.3 is 14.8 Å². The molecule has 0 saturated heterocycles. The van der Waals surface area contributed by atoms with Crippen LogP contribution in [0.1, 0.15) is 24.1 Å². The highest BCUT2D eigenvalue weighted by Crippen LogP contribution is 2.32. The van der Waals surface area contributed by atoms with Crippen LogP contribution in [0.4, 0.5) is 0 Å². The first-order valence-electron chi connectivity index (χ1n) is 7.37. The van der Waals surface area contributed by atoms with Crippen LogP contribution in [0.2, 0.25) is 0 Å². The Balaban J connectivity index is 1.60. The van der Waals surface area contributed by atoms with Crippen LogP contribution in [0.3, 0.4) is 0 Å². The monoisotopic (exact) mass is 283 g/mol. The molecule has 0 fully saturated rings. The number of hydrogen-bond acceptors (Lipinski definition) is 3. The molecule has 3 rings (SSSR count). The lowest BCUT2D eigenvalue weighted by Gasteiger charge is -2.19. The zero-order valence-electron chi connectivity index (χ0n) is 12.5. The zero-order chi connectivity index (χ0) is 14.7. The number of benzene rings is 2. The van der Waals surface area contributed by atoms with E-state index in [1.54, 1.807) is 7.11 Å². The van der Waals surface area contributed by atoms with Crippen molar-refractivity contribution in [2.24, 2.45) is 0 Å². The Morgan fingerprint density at radius 3 is 2.71 bits per heavy atom. The van der Waals surface area contributed by atoms with E-state index < -0.39 is 0 Å². The van der Waals surface area contributed by atoms with Gasteiger partial charge in [-0.15, -0.1) is 0 Å². The molecule has 0 bridgehead atoms. The number of hydrogen-bond donors (Lipinski definition) is 1. The molecule has 0 radical (unpaired) electrons. The van der Waals surface area contributed by atoms with Gasteiger partial charge in [-0.1, -0.05) is 30.3 Å². The fraction of sp³-hybridized carbons (Fsp3) is 0.333. The molecule has 110 valence electrons. The Morgan fingerprint density at radius 2 is 1.95 bits per heavy atom. The summed E-state index contributed by atoms with van der Waals surface area (Å²) in [6.07, 6.45) is 0.989. The lowest BCUT2D eigenvalue weighted by Crippen LogP contribution is -2.33. The third kappa shape index (κ3) is 3.19. The van der Waals surface area contributed by atoms with Crippen molar-refractivity contribution >= 4 is 0 Å². The molecule has 2 aromatic rings. The summed E-state index contributed by atoms with van der Waals surface area (Å²) in [5, 5.41) is 3.66. The summed E-state index contributed by atoms with van der Waals surface area (Å²) >= 11 is 0. The maximum absolute atomic E-state index is 5.71. The van der Waals surface area contributed by atoms with E-state index in [0.29, 0.717) is 12.6 Å². The van der Waals surface area contributed by atoms with Gasteiger partial charge in [0.05, 0.1) is 13.2 Å². The van der Waals surface area contributed by atoms with Crippen LogP contribution in [-0.4, -0.2) is 19.8 Å². The second-order valence-electron chi connectivity index (χ2n) is 5.52. The number of para-hydroxylation sites is 1. The molecule has 0 amide bonds. The Morgan fingerprint density at radius 1 is 1.19 bits per heavy atom. The van der Waals surface area contributed by atoms with Gasteiger partial charge in [0.2, 0.25) is 0 Å². The predicted molar refractivity (Wildman–Crippen MR) is 84.0 cm³/mol. The van der Waals surface area contributed by atoms with Crippen molar-refractivity contribution < 1.29 is 9.47 Å². The van der Waals surface area contributed by atoms with E-state index in [1.165, 1.54) is 11.1 Å². The van der Waals surface area contributed by atoms with E-state index in [-0.39, 0.29) is 6.04 Å². The van der Waals surface area contributed by atoms with Gasteiger partial charge >= 0.3 is 0 Å². The van der Waals surface area contributed by atoms with E-state index in [9.17, 15) is 0 Å². The van der Waals surface area contributed by atoms with E-state index in [2.05, 4.69) is 36.5 Å². The van der Waals surface area contributed by atoms with Gasteiger partial charge in [-0.2, -0.15) is 0 Å². The van der Waals surface area contributed by atoms with E-state index in [1.807, 2.05) is 24.3 Å². The first-order chi connectivity index (χ1) is 10.3. The Bertz CT molecular complexity index is 594. The van der Waals surface area contributed by atoms with Crippen LogP contribution < -0.4 is 14.8 Å². The van der Waals surface area contributed by atoms with Gasteiger partial charge in [-0.3, -0.25) is 0 Å². The fourth-order valence-corrected chi connectivity index (χ4v) is 2.82. The van der Waals surface area contributed by atoms with Gasteiger partial charge in [-0.25, -0.2) is 0 Å². The minimum absolute atomic E-state index is 0.287. The highest BCUT2D eigenvalue weighted by molar-refractivity contribution is 5.39. The second-order valence-corrected chi connectivity index (χ2v) is 5.52. The van der Waals surface area contributed by atoms with Crippen LogP contribution in [-0.2, 0) is 6.42 Å². The summed E-state index contributed by atoms with van der Waals surface area (Å²) < 4.78 is 10.9. The molecule has 21 heavy (non-hydrogen) atoms. The third-order valence-electron chi connectivity index (χ3n) is 3.89. The van der Waals surface area contributed by atoms with Crippen molar-refractivity contribution in [2.45, 2.75) is 25.4 Å². The first-order valence-corrected chi connectivity index (χ1v) is 7.37. The van der Waals surface area contributed by atoms with Crippen LogP contribution in [0.25, 0.3) is 0 Å². The van der Waals surface area contributed by atoms with Crippen molar-refractivity contribution in [2.75, 3.05) is 13.7 Å². The summed E-state index contributed by atoms with van der Waals surface area (Å²) in [5.41, 5.74) is 2.57. The quantitative estimate of drug-likeness (QED) is 0.913. The lowest BCUT2D eigenvalue weighted by atomic mass is 10.0. The van der Waals surface area contributed by atoms with Crippen molar-refractivity contribution in [1.82, 2.24) is 5.32 Å². The van der Waals surface area contributed by atoms with Gasteiger partial charge in [0.1, 0.15) is 18.1 Å². The second kappa shape index (κ2) is 6.19. The van der Waals surface area contributed by atoms with Crippen molar-refractivity contribution in [1.29, 1.82) is 0 Å². The Labute approximate surface area is 125 Å². The molecule has 2 aromatic carbocycles. The van der Waals surface area contributed by atoms with Crippen molar-refractivity contribution in [3.63, 3.8) is 0 Å². The summed E-state index contributed by atoms with van der Waals surface area (Å²) in [4.78, 5) is 0. The van der Waals surface area contributed by atoms with Crippen molar-refractivity contribution in [3.8, 4) is 11.5 Å². The SMILES string of the molecule is COc1ccc(CC(C)NC2COc3ccccc32)cc1. The number of rotatable bonds is 5. The number of fused-ring (bicyclic) bond motifs is 1. The van der Waals surface area contributed by atoms with Gasteiger partial charge in [0, 0.05) is 11.6 Å². The summed E-state index contributed by atoms with van der Waals surface area (Å²) in [6, 6.07) is 17.2.